The van der Waals surface area contributed by atoms with E-state index < -0.39 is 0 Å². The van der Waals surface area contributed by atoms with E-state index in [-0.39, 0.29) is 5.91 Å². The zero-order valence-electron chi connectivity index (χ0n) is 12.1. The van der Waals surface area contributed by atoms with Gasteiger partial charge in [-0.2, -0.15) is 0 Å². The molecule has 4 rings (SSSR count). The van der Waals surface area contributed by atoms with Crippen LogP contribution in [0.25, 0.3) is 11.0 Å². The highest BCUT2D eigenvalue weighted by Gasteiger charge is 2.24. The van der Waals surface area contributed by atoms with E-state index in [0.717, 1.165) is 33.7 Å². The topological polar surface area (TPSA) is 59.0 Å². The minimum absolute atomic E-state index is 0.00119. The van der Waals surface area contributed by atoms with E-state index in [1.54, 1.807) is 6.20 Å². The van der Waals surface area contributed by atoms with Gasteiger partial charge in [0.05, 0.1) is 5.01 Å². The van der Waals surface area contributed by atoms with E-state index >= 15 is 0 Å². The summed E-state index contributed by atoms with van der Waals surface area (Å²) in [6.45, 7) is 3.17. The molecule has 0 saturated carbocycles. The van der Waals surface area contributed by atoms with Gasteiger partial charge in [0.25, 0.3) is 5.91 Å². The first-order chi connectivity index (χ1) is 10.7. The Kier molecular flexibility index (Phi) is 3.11. The molecule has 0 aromatic carbocycles. The zero-order chi connectivity index (χ0) is 15.1. The van der Waals surface area contributed by atoms with E-state index in [2.05, 4.69) is 21.0 Å². The number of rotatable bonds is 1. The molecule has 6 heteroatoms. The van der Waals surface area contributed by atoms with Crippen LogP contribution in [0.5, 0.6) is 0 Å². The number of hydrogen-bond acceptors (Lipinski definition) is 5. The van der Waals surface area contributed by atoms with Crippen molar-refractivity contribution in [1.82, 2.24) is 19.9 Å². The lowest BCUT2D eigenvalue weighted by atomic mass is 10.0. The standard InChI is InChI=1S/C16H14N4OS/c1-10-18-14(9-22-10)16(21)20-6-4-13-12(8-20)7-11-3-2-5-17-15(11)19-13/h2-3,5,7,9H,4,6,8H2,1H3. The molecule has 1 amide bonds. The molecule has 1 aliphatic rings. The Labute approximate surface area is 131 Å². The first-order valence-electron chi connectivity index (χ1n) is 7.15. The van der Waals surface area contributed by atoms with E-state index in [1.807, 2.05) is 29.3 Å². The van der Waals surface area contributed by atoms with Gasteiger partial charge in [0.2, 0.25) is 0 Å². The summed E-state index contributed by atoms with van der Waals surface area (Å²) in [4.78, 5) is 27.6. The molecule has 1 aliphatic heterocycles. The molecule has 3 aromatic rings. The van der Waals surface area contributed by atoms with Crippen LogP contribution in [-0.2, 0) is 13.0 Å². The lowest BCUT2D eigenvalue weighted by Gasteiger charge is -2.27. The summed E-state index contributed by atoms with van der Waals surface area (Å²) in [5, 5.41) is 3.76. The fourth-order valence-electron chi connectivity index (χ4n) is 2.76. The third-order valence-corrected chi connectivity index (χ3v) is 4.64. The summed E-state index contributed by atoms with van der Waals surface area (Å²) in [5.41, 5.74) is 3.47. The third-order valence-electron chi connectivity index (χ3n) is 3.86. The fourth-order valence-corrected chi connectivity index (χ4v) is 3.35. The summed E-state index contributed by atoms with van der Waals surface area (Å²) in [6, 6.07) is 6.00. The maximum Gasteiger partial charge on any atom is 0.273 e. The molecule has 0 aliphatic carbocycles. The highest BCUT2D eigenvalue weighted by Crippen LogP contribution is 2.23. The van der Waals surface area contributed by atoms with Crippen molar-refractivity contribution in [2.75, 3.05) is 6.54 Å². The van der Waals surface area contributed by atoms with Crippen LogP contribution in [0, 0.1) is 6.92 Å². The third kappa shape index (κ3) is 2.25. The van der Waals surface area contributed by atoms with Gasteiger partial charge < -0.3 is 4.90 Å². The normalized spacial score (nSPS) is 14.1. The van der Waals surface area contributed by atoms with Crippen LogP contribution in [0.1, 0.15) is 26.8 Å². The van der Waals surface area contributed by atoms with Gasteiger partial charge in [-0.05, 0) is 30.7 Å². The van der Waals surface area contributed by atoms with E-state index in [9.17, 15) is 4.79 Å². The SMILES string of the molecule is Cc1nc(C(=O)N2CCc3nc4ncccc4cc3C2)cs1. The Bertz CT molecular complexity index is 873. The predicted molar refractivity (Wildman–Crippen MR) is 84.8 cm³/mol. The first-order valence-corrected chi connectivity index (χ1v) is 8.03. The average Bonchev–Trinajstić information content (AvgIpc) is 2.98. The Morgan fingerprint density at radius 3 is 3.09 bits per heavy atom. The lowest BCUT2D eigenvalue weighted by molar-refractivity contribution is 0.0728. The maximum absolute atomic E-state index is 12.5. The molecule has 0 fully saturated rings. The van der Waals surface area contributed by atoms with Crippen molar-refractivity contribution in [3.05, 3.63) is 51.7 Å². The van der Waals surface area contributed by atoms with Crippen LogP contribution in [0.15, 0.2) is 29.8 Å². The number of aryl methyl sites for hydroxylation is 1. The van der Waals surface area contributed by atoms with Crippen LogP contribution < -0.4 is 0 Å². The molecule has 3 aromatic heterocycles. The van der Waals surface area contributed by atoms with Gasteiger partial charge in [0, 0.05) is 42.2 Å². The van der Waals surface area contributed by atoms with Crippen molar-refractivity contribution in [2.45, 2.75) is 19.9 Å². The molecule has 110 valence electrons. The van der Waals surface area contributed by atoms with Gasteiger partial charge >= 0.3 is 0 Å². The highest BCUT2D eigenvalue weighted by atomic mass is 32.1. The fraction of sp³-hybridized carbons (Fsp3) is 0.250. The summed E-state index contributed by atoms with van der Waals surface area (Å²) >= 11 is 1.50. The molecule has 0 bridgehead atoms. The number of hydrogen-bond donors (Lipinski definition) is 0. The molecule has 0 saturated heterocycles. The smallest absolute Gasteiger partial charge is 0.273 e. The molecule has 0 spiro atoms. The number of carbonyl (C=O) groups excluding carboxylic acids is 1. The van der Waals surface area contributed by atoms with Gasteiger partial charge in [-0.25, -0.2) is 15.0 Å². The van der Waals surface area contributed by atoms with Gasteiger partial charge in [0.1, 0.15) is 5.69 Å². The Balaban J connectivity index is 1.66. The largest absolute Gasteiger partial charge is 0.332 e. The monoisotopic (exact) mass is 310 g/mol. The average molecular weight is 310 g/mol. The van der Waals surface area contributed by atoms with E-state index in [1.165, 1.54) is 11.3 Å². The highest BCUT2D eigenvalue weighted by molar-refractivity contribution is 7.09. The Hall–Kier alpha value is -2.34. The molecule has 0 unspecified atom stereocenters. The number of carbonyl (C=O) groups is 1. The van der Waals surface area contributed by atoms with Crippen molar-refractivity contribution in [3.63, 3.8) is 0 Å². The number of aromatic nitrogens is 3. The van der Waals surface area contributed by atoms with Gasteiger partial charge in [0.15, 0.2) is 5.65 Å². The lowest BCUT2D eigenvalue weighted by Crippen LogP contribution is -2.36. The second kappa shape index (κ2) is 5.14. The second-order valence-electron chi connectivity index (χ2n) is 5.37. The first kappa shape index (κ1) is 13.3. The molecule has 0 atom stereocenters. The summed E-state index contributed by atoms with van der Waals surface area (Å²) in [7, 11) is 0. The summed E-state index contributed by atoms with van der Waals surface area (Å²) in [5.74, 6) is 0.00119. The molecule has 22 heavy (non-hydrogen) atoms. The predicted octanol–water partition coefficient (Wildman–Crippen LogP) is 2.59. The minimum atomic E-state index is 0.00119. The number of pyridine rings is 2. The summed E-state index contributed by atoms with van der Waals surface area (Å²) in [6.07, 6.45) is 2.52. The van der Waals surface area contributed by atoms with Gasteiger partial charge in [-0.3, -0.25) is 4.79 Å². The number of amides is 1. The van der Waals surface area contributed by atoms with Crippen molar-refractivity contribution in [2.24, 2.45) is 0 Å². The molecule has 5 nitrogen and oxygen atoms in total. The maximum atomic E-state index is 12.5. The number of nitrogens with zero attached hydrogens (tertiary/aromatic N) is 4. The quantitative estimate of drug-likeness (QED) is 0.693. The summed E-state index contributed by atoms with van der Waals surface area (Å²) < 4.78 is 0. The van der Waals surface area contributed by atoms with Crippen molar-refractivity contribution in [1.29, 1.82) is 0 Å². The van der Waals surface area contributed by atoms with Crippen LogP contribution in [0.3, 0.4) is 0 Å². The van der Waals surface area contributed by atoms with Crippen molar-refractivity contribution < 1.29 is 4.79 Å². The molecule has 4 heterocycles. The molecule has 0 N–H and O–H groups in total. The van der Waals surface area contributed by atoms with Crippen LogP contribution >= 0.6 is 11.3 Å². The number of fused-ring (bicyclic) bond motifs is 2. The Morgan fingerprint density at radius 1 is 1.36 bits per heavy atom. The number of thiazole rings is 1. The van der Waals surface area contributed by atoms with Crippen molar-refractivity contribution >= 4 is 28.3 Å². The molecular formula is C16H14N4OS. The minimum Gasteiger partial charge on any atom is -0.332 e. The van der Waals surface area contributed by atoms with Gasteiger partial charge in [-0.1, -0.05) is 0 Å². The van der Waals surface area contributed by atoms with Crippen LogP contribution in [-0.4, -0.2) is 32.3 Å². The zero-order valence-corrected chi connectivity index (χ0v) is 12.9. The Morgan fingerprint density at radius 2 is 2.27 bits per heavy atom. The molecular weight excluding hydrogens is 296 g/mol. The van der Waals surface area contributed by atoms with E-state index in [0.29, 0.717) is 18.8 Å². The molecule has 0 radical (unpaired) electrons. The van der Waals surface area contributed by atoms with Gasteiger partial charge in [-0.15, -0.1) is 11.3 Å². The van der Waals surface area contributed by atoms with Crippen molar-refractivity contribution in [3.8, 4) is 0 Å². The van der Waals surface area contributed by atoms with Crippen LogP contribution in [0.2, 0.25) is 0 Å². The second-order valence-corrected chi connectivity index (χ2v) is 6.44. The van der Waals surface area contributed by atoms with E-state index in [4.69, 9.17) is 0 Å². The van der Waals surface area contributed by atoms with Crippen LogP contribution in [0.4, 0.5) is 0 Å².